The van der Waals surface area contributed by atoms with Crippen molar-refractivity contribution in [2.45, 2.75) is 46.1 Å². The first-order valence-electron chi connectivity index (χ1n) is 5.26. The third-order valence-corrected chi connectivity index (χ3v) is 1.92. The van der Waals surface area contributed by atoms with Crippen molar-refractivity contribution in [3.05, 3.63) is 0 Å². The Morgan fingerprint density at radius 3 is 2.67 bits per heavy atom. The lowest BCUT2D eigenvalue weighted by Gasteiger charge is -2.08. The van der Waals surface area contributed by atoms with Crippen molar-refractivity contribution < 1.29 is 4.74 Å². The Bertz CT molecular complexity index is 79.9. The summed E-state index contributed by atoms with van der Waals surface area (Å²) < 4.78 is 5.46. The number of rotatable bonds is 4. The molecule has 2 heteroatoms. The van der Waals surface area contributed by atoms with E-state index in [-0.39, 0.29) is 0 Å². The van der Waals surface area contributed by atoms with E-state index in [1.807, 2.05) is 13.8 Å². The van der Waals surface area contributed by atoms with Crippen molar-refractivity contribution in [1.82, 2.24) is 5.32 Å². The summed E-state index contributed by atoms with van der Waals surface area (Å²) in [4.78, 5) is 0. The van der Waals surface area contributed by atoms with Crippen LogP contribution >= 0.6 is 0 Å². The lowest BCUT2D eigenvalue weighted by molar-refractivity contribution is 0.104. The highest BCUT2D eigenvalue weighted by atomic mass is 16.5. The van der Waals surface area contributed by atoms with Crippen LogP contribution in [0.3, 0.4) is 0 Å². The molecular formula is C10H23NO. The second kappa shape index (κ2) is 9.01. The van der Waals surface area contributed by atoms with Crippen molar-refractivity contribution in [3.63, 3.8) is 0 Å². The van der Waals surface area contributed by atoms with E-state index in [1.165, 1.54) is 19.3 Å². The summed E-state index contributed by atoms with van der Waals surface area (Å²) in [5, 5.41) is 3.30. The fourth-order valence-electron chi connectivity index (χ4n) is 1.31. The molecule has 1 heterocycles. The van der Waals surface area contributed by atoms with Crippen LogP contribution in [0.15, 0.2) is 0 Å². The summed E-state index contributed by atoms with van der Waals surface area (Å²) in [6, 6.07) is 0. The first-order valence-corrected chi connectivity index (χ1v) is 5.26. The average molecular weight is 173 g/mol. The van der Waals surface area contributed by atoms with E-state index in [1.54, 1.807) is 0 Å². The van der Waals surface area contributed by atoms with Gasteiger partial charge in [0.1, 0.15) is 0 Å². The smallest absolute Gasteiger partial charge is 0.0588 e. The second-order valence-electron chi connectivity index (χ2n) is 2.78. The van der Waals surface area contributed by atoms with E-state index in [0.717, 1.165) is 19.7 Å². The highest BCUT2D eigenvalue weighted by Crippen LogP contribution is 2.14. The Labute approximate surface area is 76.7 Å². The summed E-state index contributed by atoms with van der Waals surface area (Å²) in [6.07, 6.45) is 4.27. The van der Waals surface area contributed by atoms with Crippen LogP contribution in [0.1, 0.15) is 40.0 Å². The normalized spacial score (nSPS) is 21.8. The Hall–Kier alpha value is -0.0800. The molecule has 1 N–H and O–H groups in total. The molecule has 0 saturated carbocycles. The standard InChI is InChI=1S/C8H17NO.C2H6/c1-2-9-6-5-8-4-3-7-10-8;1-2/h8-9H,2-7H2,1H3;1-2H3. The van der Waals surface area contributed by atoms with Crippen LogP contribution in [0.25, 0.3) is 0 Å². The van der Waals surface area contributed by atoms with Gasteiger partial charge in [0.05, 0.1) is 6.10 Å². The molecule has 0 aromatic rings. The molecule has 1 saturated heterocycles. The monoisotopic (exact) mass is 173 g/mol. The molecule has 1 aliphatic rings. The largest absolute Gasteiger partial charge is 0.378 e. The van der Waals surface area contributed by atoms with E-state index in [9.17, 15) is 0 Å². The van der Waals surface area contributed by atoms with Crippen LogP contribution in [-0.4, -0.2) is 25.8 Å². The lowest BCUT2D eigenvalue weighted by Crippen LogP contribution is -2.19. The van der Waals surface area contributed by atoms with Gasteiger partial charge in [0, 0.05) is 6.61 Å². The highest BCUT2D eigenvalue weighted by molar-refractivity contribution is 4.65. The molecule has 1 fully saturated rings. The summed E-state index contributed by atoms with van der Waals surface area (Å²) in [7, 11) is 0. The van der Waals surface area contributed by atoms with Gasteiger partial charge in [0.25, 0.3) is 0 Å². The second-order valence-corrected chi connectivity index (χ2v) is 2.78. The molecule has 2 nitrogen and oxygen atoms in total. The fraction of sp³-hybridized carbons (Fsp3) is 1.00. The lowest BCUT2D eigenvalue weighted by atomic mass is 10.2. The molecule has 1 rings (SSSR count). The molecule has 0 aromatic heterocycles. The maximum absolute atomic E-state index is 5.46. The van der Waals surface area contributed by atoms with E-state index in [2.05, 4.69) is 12.2 Å². The molecule has 0 aromatic carbocycles. The number of hydrogen-bond acceptors (Lipinski definition) is 2. The van der Waals surface area contributed by atoms with E-state index in [4.69, 9.17) is 4.74 Å². The number of hydrogen-bond donors (Lipinski definition) is 1. The quantitative estimate of drug-likeness (QED) is 0.658. The van der Waals surface area contributed by atoms with Gasteiger partial charge in [0.15, 0.2) is 0 Å². The molecule has 1 unspecified atom stereocenters. The van der Waals surface area contributed by atoms with Crippen molar-refractivity contribution in [1.29, 1.82) is 0 Å². The van der Waals surface area contributed by atoms with Crippen molar-refractivity contribution in [2.24, 2.45) is 0 Å². The number of ether oxygens (including phenoxy) is 1. The molecule has 74 valence electrons. The summed E-state index contributed by atoms with van der Waals surface area (Å²) >= 11 is 0. The van der Waals surface area contributed by atoms with Gasteiger partial charge in [-0.15, -0.1) is 0 Å². The van der Waals surface area contributed by atoms with Gasteiger partial charge in [-0.1, -0.05) is 20.8 Å². The van der Waals surface area contributed by atoms with Crippen molar-refractivity contribution in [2.75, 3.05) is 19.7 Å². The van der Waals surface area contributed by atoms with Gasteiger partial charge >= 0.3 is 0 Å². The maximum Gasteiger partial charge on any atom is 0.0588 e. The van der Waals surface area contributed by atoms with Gasteiger partial charge in [-0.3, -0.25) is 0 Å². The minimum atomic E-state index is 0.555. The third-order valence-electron chi connectivity index (χ3n) is 1.92. The van der Waals surface area contributed by atoms with Crippen LogP contribution in [0.2, 0.25) is 0 Å². The van der Waals surface area contributed by atoms with Gasteiger partial charge in [-0.25, -0.2) is 0 Å². The van der Waals surface area contributed by atoms with Crippen molar-refractivity contribution in [3.8, 4) is 0 Å². The Kier molecular flexibility index (Phi) is 8.95. The molecule has 0 amide bonds. The predicted molar refractivity (Wildman–Crippen MR) is 53.5 cm³/mol. The molecule has 0 spiro atoms. The fourth-order valence-corrected chi connectivity index (χ4v) is 1.31. The summed E-state index contributed by atoms with van der Waals surface area (Å²) in [5.41, 5.74) is 0. The molecule has 0 radical (unpaired) electrons. The first-order chi connectivity index (χ1) is 5.93. The van der Waals surface area contributed by atoms with Gasteiger partial charge in [0.2, 0.25) is 0 Å². The molecule has 1 aliphatic heterocycles. The number of nitrogens with one attached hydrogen (secondary N) is 1. The molecule has 1 atom stereocenters. The first kappa shape index (κ1) is 11.9. The van der Waals surface area contributed by atoms with Gasteiger partial charge in [-0.05, 0) is 32.4 Å². The van der Waals surface area contributed by atoms with Crippen molar-refractivity contribution >= 4 is 0 Å². The minimum absolute atomic E-state index is 0.555. The average Bonchev–Trinajstić information content (AvgIpc) is 2.61. The van der Waals surface area contributed by atoms with E-state index in [0.29, 0.717) is 6.10 Å². The topological polar surface area (TPSA) is 21.3 Å². The zero-order chi connectivity index (χ0) is 9.23. The van der Waals surface area contributed by atoms with Crippen LogP contribution in [-0.2, 0) is 4.74 Å². The van der Waals surface area contributed by atoms with Crippen LogP contribution < -0.4 is 5.32 Å². The van der Waals surface area contributed by atoms with E-state index >= 15 is 0 Å². The van der Waals surface area contributed by atoms with Crippen LogP contribution in [0.4, 0.5) is 0 Å². The van der Waals surface area contributed by atoms with Crippen LogP contribution in [0, 0.1) is 0 Å². The zero-order valence-electron chi connectivity index (χ0n) is 8.73. The van der Waals surface area contributed by atoms with Gasteiger partial charge < -0.3 is 10.1 Å². The molecule has 12 heavy (non-hydrogen) atoms. The third kappa shape index (κ3) is 5.56. The van der Waals surface area contributed by atoms with Crippen LogP contribution in [0.5, 0.6) is 0 Å². The Morgan fingerprint density at radius 1 is 1.42 bits per heavy atom. The Morgan fingerprint density at radius 2 is 2.17 bits per heavy atom. The SMILES string of the molecule is CC.CCNCCC1CCCO1. The zero-order valence-corrected chi connectivity index (χ0v) is 8.73. The molecular weight excluding hydrogens is 150 g/mol. The highest BCUT2D eigenvalue weighted by Gasteiger charge is 2.13. The van der Waals surface area contributed by atoms with Gasteiger partial charge in [-0.2, -0.15) is 0 Å². The predicted octanol–water partition coefficient (Wildman–Crippen LogP) is 2.19. The summed E-state index contributed by atoms with van der Waals surface area (Å²) in [6.45, 7) is 9.31. The molecule has 0 bridgehead atoms. The summed E-state index contributed by atoms with van der Waals surface area (Å²) in [5.74, 6) is 0. The Balaban J connectivity index is 0.000000561. The minimum Gasteiger partial charge on any atom is -0.378 e. The maximum atomic E-state index is 5.46. The van der Waals surface area contributed by atoms with E-state index < -0.39 is 0 Å². The molecule has 0 aliphatic carbocycles.